The first kappa shape index (κ1) is 26.0. The molecule has 0 atom stereocenters. The van der Waals surface area contributed by atoms with Crippen LogP contribution in [0.4, 0.5) is 11.4 Å². The summed E-state index contributed by atoms with van der Waals surface area (Å²) in [7, 11) is 1.52. The number of carbonyl (C=O) groups is 1. The van der Waals surface area contributed by atoms with E-state index in [0.29, 0.717) is 52.6 Å². The van der Waals surface area contributed by atoms with Gasteiger partial charge in [-0.25, -0.2) is 0 Å². The number of thiocarbonyl (C=S) groups is 1. The maximum atomic E-state index is 12.8. The van der Waals surface area contributed by atoms with Crippen LogP contribution < -0.4 is 25.0 Å². The van der Waals surface area contributed by atoms with Crippen molar-refractivity contribution in [1.82, 2.24) is 5.32 Å². The number of ether oxygens (including phenoxy) is 3. The molecule has 0 aromatic heterocycles. The highest BCUT2D eigenvalue weighted by Crippen LogP contribution is 2.30. The molecule has 0 radical (unpaired) electrons. The monoisotopic (exact) mass is 545 g/mol. The van der Waals surface area contributed by atoms with Crippen LogP contribution in [0.15, 0.2) is 60.7 Å². The van der Waals surface area contributed by atoms with Crippen molar-refractivity contribution in [3.05, 3.63) is 81.8 Å². The molecule has 1 fully saturated rings. The van der Waals surface area contributed by atoms with Crippen LogP contribution in [0.3, 0.4) is 0 Å². The molecule has 3 aromatic rings. The molecule has 0 saturated carbocycles. The average molecular weight is 546 g/mol. The lowest BCUT2D eigenvalue weighted by Gasteiger charge is -2.29. The van der Waals surface area contributed by atoms with Crippen LogP contribution in [-0.2, 0) is 11.3 Å². The number of amides is 1. The molecule has 188 valence electrons. The third-order valence-corrected chi connectivity index (χ3v) is 6.28. The topological polar surface area (TPSA) is 72.1 Å². The lowest BCUT2D eigenvalue weighted by atomic mass is 10.2. The molecule has 0 bridgehead atoms. The summed E-state index contributed by atoms with van der Waals surface area (Å²) in [4.78, 5) is 14.9. The van der Waals surface area contributed by atoms with Crippen molar-refractivity contribution >= 4 is 57.8 Å². The molecule has 2 N–H and O–H groups in total. The summed E-state index contributed by atoms with van der Waals surface area (Å²) in [5.41, 5.74) is 2.94. The van der Waals surface area contributed by atoms with Crippen molar-refractivity contribution in [3.8, 4) is 11.5 Å². The number of anilines is 2. The van der Waals surface area contributed by atoms with Gasteiger partial charge in [-0.15, -0.1) is 0 Å². The summed E-state index contributed by atoms with van der Waals surface area (Å²) in [5.74, 6) is 0.562. The van der Waals surface area contributed by atoms with Gasteiger partial charge in [0, 0.05) is 29.4 Å². The number of nitrogens with zero attached hydrogens (tertiary/aromatic N) is 1. The fraction of sp³-hybridized carbons (Fsp3) is 0.231. The van der Waals surface area contributed by atoms with Crippen molar-refractivity contribution in [1.29, 1.82) is 0 Å². The summed E-state index contributed by atoms with van der Waals surface area (Å²) in [5, 5.41) is 7.08. The van der Waals surface area contributed by atoms with Crippen LogP contribution in [0.5, 0.6) is 11.5 Å². The Morgan fingerprint density at radius 2 is 1.78 bits per heavy atom. The van der Waals surface area contributed by atoms with Gasteiger partial charge in [0.05, 0.1) is 31.0 Å². The van der Waals surface area contributed by atoms with Crippen LogP contribution in [-0.4, -0.2) is 44.4 Å². The molecule has 36 heavy (non-hydrogen) atoms. The largest absolute Gasteiger partial charge is 0.493 e. The maximum Gasteiger partial charge on any atom is 0.257 e. The van der Waals surface area contributed by atoms with Crippen LogP contribution in [0.25, 0.3) is 0 Å². The Balaban J connectivity index is 1.35. The van der Waals surface area contributed by atoms with Crippen LogP contribution in [0.1, 0.15) is 15.9 Å². The molecule has 1 saturated heterocycles. The predicted molar refractivity (Wildman–Crippen MR) is 147 cm³/mol. The summed E-state index contributed by atoms with van der Waals surface area (Å²) < 4.78 is 16.7. The fourth-order valence-corrected chi connectivity index (χ4v) is 4.29. The van der Waals surface area contributed by atoms with Crippen molar-refractivity contribution < 1.29 is 19.0 Å². The first-order chi connectivity index (χ1) is 17.4. The van der Waals surface area contributed by atoms with Gasteiger partial charge in [0.2, 0.25) is 0 Å². The molecule has 10 heteroatoms. The Morgan fingerprint density at radius 1 is 1.03 bits per heavy atom. The summed E-state index contributed by atoms with van der Waals surface area (Å²) in [6.07, 6.45) is 0. The molecule has 0 spiro atoms. The smallest absolute Gasteiger partial charge is 0.257 e. The van der Waals surface area contributed by atoms with E-state index in [2.05, 4.69) is 15.5 Å². The number of halogens is 2. The lowest BCUT2D eigenvalue weighted by Crippen LogP contribution is -2.36. The Morgan fingerprint density at radius 3 is 2.47 bits per heavy atom. The van der Waals surface area contributed by atoms with Crippen molar-refractivity contribution in [2.45, 2.75) is 6.61 Å². The number of carbonyl (C=O) groups excluding carboxylic acids is 1. The minimum atomic E-state index is -0.383. The lowest BCUT2D eigenvalue weighted by molar-refractivity contribution is 0.0977. The summed E-state index contributed by atoms with van der Waals surface area (Å²) >= 11 is 17.7. The maximum absolute atomic E-state index is 12.8. The number of hydrogen-bond donors (Lipinski definition) is 2. The van der Waals surface area contributed by atoms with E-state index >= 15 is 0 Å². The van der Waals surface area contributed by atoms with Gasteiger partial charge in [0.1, 0.15) is 6.61 Å². The van der Waals surface area contributed by atoms with E-state index in [1.807, 2.05) is 24.3 Å². The number of hydrogen-bond acceptors (Lipinski definition) is 6. The zero-order chi connectivity index (χ0) is 25.5. The number of benzene rings is 3. The highest BCUT2D eigenvalue weighted by Gasteiger charge is 2.16. The van der Waals surface area contributed by atoms with Crippen LogP contribution >= 0.6 is 35.4 Å². The molecule has 1 amide bonds. The summed E-state index contributed by atoms with van der Waals surface area (Å²) in [6, 6.07) is 17.9. The molecule has 1 aliphatic heterocycles. The van der Waals surface area contributed by atoms with Crippen LogP contribution in [0, 0.1) is 0 Å². The van der Waals surface area contributed by atoms with Gasteiger partial charge in [-0.2, -0.15) is 0 Å². The normalized spacial score (nSPS) is 13.1. The highest BCUT2D eigenvalue weighted by atomic mass is 35.5. The van der Waals surface area contributed by atoms with E-state index < -0.39 is 0 Å². The molecule has 0 unspecified atom stereocenters. The Kier molecular flexibility index (Phi) is 8.88. The number of methoxy groups -OCH3 is 1. The van der Waals surface area contributed by atoms with Crippen molar-refractivity contribution in [3.63, 3.8) is 0 Å². The van der Waals surface area contributed by atoms with E-state index in [1.54, 1.807) is 36.4 Å². The molecule has 3 aromatic carbocycles. The molecule has 1 aliphatic rings. The van der Waals surface area contributed by atoms with Crippen molar-refractivity contribution in [2.24, 2.45) is 0 Å². The SMILES string of the molecule is COc1cc(C(=O)NC(=S)Nc2ccc(N3CCOCC3)c(Cl)c2)ccc1OCc1ccc(Cl)cc1. The minimum absolute atomic E-state index is 0.150. The second kappa shape index (κ2) is 12.3. The van der Waals surface area contributed by atoms with E-state index in [4.69, 9.17) is 49.6 Å². The molecular weight excluding hydrogens is 521 g/mol. The molecule has 1 heterocycles. The van der Waals surface area contributed by atoms with Gasteiger partial charge in [0.15, 0.2) is 16.6 Å². The predicted octanol–water partition coefficient (Wildman–Crippen LogP) is 5.54. The Labute approximate surface area is 225 Å². The summed E-state index contributed by atoms with van der Waals surface area (Å²) in [6.45, 7) is 3.25. The van der Waals surface area contributed by atoms with E-state index in [0.717, 1.165) is 24.3 Å². The Bertz CT molecular complexity index is 1230. The van der Waals surface area contributed by atoms with Gasteiger partial charge in [0.25, 0.3) is 5.91 Å². The average Bonchev–Trinajstić information content (AvgIpc) is 2.88. The second-order valence-electron chi connectivity index (χ2n) is 7.95. The van der Waals surface area contributed by atoms with Gasteiger partial charge < -0.3 is 24.4 Å². The molecular formula is C26H25Cl2N3O4S. The fourth-order valence-electron chi connectivity index (χ4n) is 3.65. The second-order valence-corrected chi connectivity index (χ2v) is 9.21. The molecule has 0 aliphatic carbocycles. The quantitative estimate of drug-likeness (QED) is 0.377. The number of rotatable bonds is 7. The van der Waals surface area contributed by atoms with Gasteiger partial charge >= 0.3 is 0 Å². The number of morpholine rings is 1. The molecule has 7 nitrogen and oxygen atoms in total. The Hall–Kier alpha value is -3.04. The first-order valence-corrected chi connectivity index (χ1v) is 12.4. The van der Waals surface area contributed by atoms with Gasteiger partial charge in [-0.3, -0.25) is 10.1 Å². The van der Waals surface area contributed by atoms with E-state index in [1.165, 1.54) is 7.11 Å². The van der Waals surface area contributed by atoms with E-state index in [9.17, 15) is 4.79 Å². The zero-order valence-electron chi connectivity index (χ0n) is 19.6. The standard InChI is InChI=1S/C26H25Cl2N3O4S/c1-33-24-14-18(4-9-23(24)35-16-17-2-5-19(27)6-3-17)25(32)30-26(36)29-20-7-8-22(21(28)15-20)31-10-12-34-13-11-31/h2-9,14-15H,10-13,16H2,1H3,(H2,29,30,32,36). The zero-order valence-corrected chi connectivity index (χ0v) is 21.9. The minimum Gasteiger partial charge on any atom is -0.493 e. The number of nitrogens with one attached hydrogen (secondary N) is 2. The third kappa shape index (κ3) is 6.79. The van der Waals surface area contributed by atoms with Gasteiger partial charge in [-0.05, 0) is 66.3 Å². The van der Waals surface area contributed by atoms with E-state index in [-0.39, 0.29) is 11.0 Å². The third-order valence-electron chi connectivity index (χ3n) is 5.52. The van der Waals surface area contributed by atoms with Gasteiger partial charge in [-0.1, -0.05) is 35.3 Å². The molecule has 4 rings (SSSR count). The highest BCUT2D eigenvalue weighted by molar-refractivity contribution is 7.80. The van der Waals surface area contributed by atoms with Crippen LogP contribution in [0.2, 0.25) is 10.0 Å². The first-order valence-electron chi connectivity index (χ1n) is 11.2. The van der Waals surface area contributed by atoms with Crippen molar-refractivity contribution in [2.75, 3.05) is 43.6 Å².